The highest BCUT2D eigenvalue weighted by Gasteiger charge is 2.48. The number of amides is 2. The normalized spacial score (nSPS) is 23.2. The second-order valence-corrected chi connectivity index (χ2v) is 12.6. The first kappa shape index (κ1) is 28.7. The van der Waals surface area contributed by atoms with E-state index in [-0.39, 0.29) is 36.1 Å². The molecule has 11 nitrogen and oxygen atoms in total. The zero-order valence-electron chi connectivity index (χ0n) is 23.8. The Labute approximate surface area is 248 Å². The number of carbonyl (C=O) groups excluding carboxylic acids is 1. The molecule has 3 aromatic rings. The second-order valence-electron chi connectivity index (χ2n) is 12.2. The Bertz CT molecular complexity index is 1570. The lowest BCUT2D eigenvalue weighted by Gasteiger charge is -2.39. The third kappa shape index (κ3) is 5.18. The van der Waals surface area contributed by atoms with Crippen molar-refractivity contribution in [3.63, 3.8) is 0 Å². The van der Waals surface area contributed by atoms with Gasteiger partial charge in [-0.25, -0.2) is 9.78 Å². The summed E-state index contributed by atoms with van der Waals surface area (Å²) in [6.07, 6.45) is 3.67. The number of carboxylic acid groups (broad SMARTS) is 1. The van der Waals surface area contributed by atoms with E-state index < -0.39 is 17.7 Å². The molecule has 0 bridgehead atoms. The molecule has 0 unspecified atom stereocenters. The minimum absolute atomic E-state index is 0.0774. The zero-order chi connectivity index (χ0) is 29.8. The Morgan fingerprint density at radius 2 is 1.83 bits per heavy atom. The molecule has 4 heterocycles. The van der Waals surface area contributed by atoms with Crippen molar-refractivity contribution in [1.29, 1.82) is 0 Å². The molecule has 224 valence electrons. The van der Waals surface area contributed by atoms with Gasteiger partial charge in [0, 0.05) is 24.2 Å². The maximum absolute atomic E-state index is 13.5. The van der Waals surface area contributed by atoms with Gasteiger partial charge in [0.2, 0.25) is 5.91 Å². The van der Waals surface area contributed by atoms with Crippen LogP contribution in [0, 0.1) is 5.41 Å². The lowest BCUT2D eigenvalue weighted by Crippen LogP contribution is -2.51. The Morgan fingerprint density at radius 3 is 2.45 bits per heavy atom. The van der Waals surface area contributed by atoms with Crippen LogP contribution >= 0.6 is 11.6 Å². The minimum atomic E-state index is -1.12. The number of likely N-dealkylation sites (tertiary alicyclic amines) is 1. The maximum atomic E-state index is 13.5. The molecule has 2 amide bonds. The van der Waals surface area contributed by atoms with Crippen molar-refractivity contribution in [3.8, 4) is 5.69 Å². The number of piperidine rings is 1. The summed E-state index contributed by atoms with van der Waals surface area (Å²) in [7, 11) is 0. The number of hydrogen-bond donors (Lipinski definition) is 2. The van der Waals surface area contributed by atoms with Crippen LogP contribution in [-0.2, 0) is 16.1 Å². The topological polar surface area (TPSA) is 130 Å². The molecule has 0 radical (unpaired) electrons. The van der Waals surface area contributed by atoms with E-state index in [1.807, 2.05) is 43.0 Å². The zero-order valence-corrected chi connectivity index (χ0v) is 24.6. The van der Waals surface area contributed by atoms with Crippen LogP contribution in [0.5, 0.6) is 0 Å². The second kappa shape index (κ2) is 10.7. The molecule has 2 saturated heterocycles. The number of halogens is 1. The fraction of sp³-hybridized carbons (Fsp3) is 0.533. The van der Waals surface area contributed by atoms with Crippen LogP contribution in [0.3, 0.4) is 0 Å². The Hall–Kier alpha value is -3.41. The summed E-state index contributed by atoms with van der Waals surface area (Å²) in [5.74, 6) is 0.158. The molecule has 6 rings (SSSR count). The van der Waals surface area contributed by atoms with Gasteiger partial charge in [-0.3, -0.25) is 23.6 Å². The number of nitrogens with zero attached hydrogens (tertiary/aromatic N) is 5. The number of fused-ring (bicyclic) bond motifs is 1. The van der Waals surface area contributed by atoms with Gasteiger partial charge in [0.05, 0.1) is 42.8 Å². The standard InChI is InChI=1S/C30H36ClN5O6/c1-3-21-15-35(28(39)40)23(16-42-21)19-4-6-20(7-5-19)36-24(31)14-22-25(36)32-18-34(26(22)37)17-30(41)10-12-33(13-11-30)27(38)29(2)8-9-29/h4-7,14,18,21,23,41H,3,8-13,15-17H2,1-2H3,(H,39,40)/t21-,23-/m1/s1. The fourth-order valence-electron chi connectivity index (χ4n) is 6.13. The molecule has 2 aliphatic heterocycles. The molecule has 2 N–H and O–H groups in total. The van der Waals surface area contributed by atoms with Crippen molar-refractivity contribution >= 4 is 34.6 Å². The number of rotatable bonds is 6. The highest BCUT2D eigenvalue weighted by atomic mass is 35.5. The van der Waals surface area contributed by atoms with Crippen molar-refractivity contribution in [1.82, 2.24) is 23.9 Å². The van der Waals surface area contributed by atoms with Crippen molar-refractivity contribution in [2.75, 3.05) is 26.2 Å². The molecule has 3 aliphatic rings. The van der Waals surface area contributed by atoms with Gasteiger partial charge < -0.3 is 19.8 Å². The molecule has 2 atom stereocenters. The minimum Gasteiger partial charge on any atom is -0.465 e. The molecule has 3 fully saturated rings. The Morgan fingerprint density at radius 1 is 1.14 bits per heavy atom. The van der Waals surface area contributed by atoms with E-state index in [0.717, 1.165) is 24.8 Å². The Kier molecular flexibility index (Phi) is 7.31. The lowest BCUT2D eigenvalue weighted by atomic mass is 9.90. The fourth-order valence-corrected chi connectivity index (χ4v) is 6.41. The quantitative estimate of drug-likeness (QED) is 0.442. The summed E-state index contributed by atoms with van der Waals surface area (Å²) in [5, 5.41) is 21.7. The van der Waals surface area contributed by atoms with Gasteiger partial charge in [-0.15, -0.1) is 0 Å². The SMILES string of the molecule is CC[C@@H]1CN(C(=O)O)[C@@H](c2ccc(-n3c(Cl)cc4c(=O)n(CC5(O)CCN(C(=O)C6(C)CC6)CC5)cnc43)cc2)CO1. The van der Waals surface area contributed by atoms with Gasteiger partial charge in [-0.05, 0) is 55.9 Å². The van der Waals surface area contributed by atoms with E-state index in [1.54, 1.807) is 10.6 Å². The highest BCUT2D eigenvalue weighted by Crippen LogP contribution is 2.47. The summed E-state index contributed by atoms with van der Waals surface area (Å²) < 4.78 is 8.94. The summed E-state index contributed by atoms with van der Waals surface area (Å²) in [6, 6.07) is 8.47. The first-order valence-corrected chi connectivity index (χ1v) is 14.9. The van der Waals surface area contributed by atoms with Gasteiger partial charge in [0.15, 0.2) is 5.65 Å². The monoisotopic (exact) mass is 597 g/mol. The third-order valence-corrected chi connectivity index (χ3v) is 9.48. The van der Waals surface area contributed by atoms with E-state index in [4.69, 9.17) is 16.3 Å². The number of benzene rings is 1. The molecule has 1 saturated carbocycles. The molecule has 1 aliphatic carbocycles. The van der Waals surface area contributed by atoms with Gasteiger partial charge in [-0.2, -0.15) is 0 Å². The van der Waals surface area contributed by atoms with Crippen molar-refractivity contribution < 1.29 is 24.5 Å². The van der Waals surface area contributed by atoms with Gasteiger partial charge in [-0.1, -0.05) is 37.6 Å². The maximum Gasteiger partial charge on any atom is 0.407 e. The van der Waals surface area contributed by atoms with Crippen LogP contribution in [-0.4, -0.2) is 84.1 Å². The number of morpholine rings is 1. The number of ether oxygens (including phenoxy) is 1. The lowest BCUT2D eigenvalue weighted by molar-refractivity contribution is -0.141. The van der Waals surface area contributed by atoms with Gasteiger partial charge in [0.25, 0.3) is 5.56 Å². The van der Waals surface area contributed by atoms with Crippen molar-refractivity contribution in [2.45, 2.75) is 70.2 Å². The summed E-state index contributed by atoms with van der Waals surface area (Å²) >= 11 is 6.60. The van der Waals surface area contributed by atoms with Crippen LogP contribution in [0.25, 0.3) is 16.7 Å². The average molecular weight is 598 g/mol. The number of carbonyl (C=O) groups is 2. The highest BCUT2D eigenvalue weighted by molar-refractivity contribution is 6.31. The van der Waals surface area contributed by atoms with E-state index in [0.29, 0.717) is 54.3 Å². The molecular formula is C30H36ClN5O6. The molecule has 2 aromatic heterocycles. The van der Waals surface area contributed by atoms with Crippen LogP contribution in [0.15, 0.2) is 41.5 Å². The van der Waals surface area contributed by atoms with Crippen LogP contribution in [0.2, 0.25) is 5.15 Å². The van der Waals surface area contributed by atoms with Gasteiger partial charge >= 0.3 is 6.09 Å². The smallest absolute Gasteiger partial charge is 0.407 e. The number of aromatic nitrogens is 3. The molecule has 1 aromatic carbocycles. The molecular weight excluding hydrogens is 562 g/mol. The predicted molar refractivity (Wildman–Crippen MR) is 156 cm³/mol. The molecule has 42 heavy (non-hydrogen) atoms. The largest absolute Gasteiger partial charge is 0.465 e. The Balaban J connectivity index is 1.20. The summed E-state index contributed by atoms with van der Waals surface area (Å²) in [4.78, 5) is 45.9. The van der Waals surface area contributed by atoms with E-state index in [9.17, 15) is 24.6 Å². The third-order valence-electron chi connectivity index (χ3n) is 9.21. The van der Waals surface area contributed by atoms with Crippen LogP contribution in [0.4, 0.5) is 4.79 Å². The van der Waals surface area contributed by atoms with E-state index >= 15 is 0 Å². The van der Waals surface area contributed by atoms with Gasteiger partial charge in [0.1, 0.15) is 11.5 Å². The number of aliphatic hydroxyl groups is 1. The van der Waals surface area contributed by atoms with Crippen LogP contribution < -0.4 is 5.56 Å². The first-order valence-electron chi connectivity index (χ1n) is 14.5. The van der Waals surface area contributed by atoms with E-state index in [2.05, 4.69) is 4.98 Å². The summed E-state index contributed by atoms with van der Waals surface area (Å²) in [5.41, 5.74) is 0.191. The van der Waals surface area contributed by atoms with E-state index in [1.165, 1.54) is 15.8 Å². The summed E-state index contributed by atoms with van der Waals surface area (Å²) in [6.45, 7) is 5.55. The van der Waals surface area contributed by atoms with Crippen LogP contribution in [0.1, 0.15) is 57.6 Å². The van der Waals surface area contributed by atoms with Crippen molar-refractivity contribution in [3.05, 3.63) is 57.7 Å². The van der Waals surface area contributed by atoms with Crippen molar-refractivity contribution in [2.24, 2.45) is 5.41 Å². The first-order chi connectivity index (χ1) is 20.0. The average Bonchev–Trinajstić information content (AvgIpc) is 3.65. The molecule has 0 spiro atoms. The number of hydrogen-bond acceptors (Lipinski definition) is 6. The predicted octanol–water partition coefficient (Wildman–Crippen LogP) is 3.82. The molecule has 12 heteroatoms.